The van der Waals surface area contributed by atoms with Crippen LogP contribution >= 0.6 is 0 Å². The fourth-order valence-electron chi connectivity index (χ4n) is 4.92. The number of ether oxygens (including phenoxy) is 3. The number of carbonyl (C=O) groups excluding carboxylic acids is 1. The van der Waals surface area contributed by atoms with E-state index in [1.165, 1.54) is 0 Å². The smallest absolute Gasteiger partial charge is 0.238 e. The van der Waals surface area contributed by atoms with E-state index in [4.69, 9.17) is 14.2 Å². The van der Waals surface area contributed by atoms with E-state index in [1.54, 1.807) is 0 Å². The van der Waals surface area contributed by atoms with E-state index in [-0.39, 0.29) is 36.2 Å². The summed E-state index contributed by atoms with van der Waals surface area (Å²) in [5.74, 6) is -0.156. The Bertz CT molecular complexity index is 679. The fourth-order valence-corrected chi connectivity index (χ4v) is 4.92. The third-order valence-corrected chi connectivity index (χ3v) is 5.85. The highest BCUT2D eigenvalue weighted by molar-refractivity contribution is 5.78. The lowest BCUT2D eigenvalue weighted by Crippen LogP contribution is -2.44. The lowest BCUT2D eigenvalue weighted by molar-refractivity contribution is -0.178. The number of carbonyl (C=O) groups is 1. The Balaban J connectivity index is 1.40. The van der Waals surface area contributed by atoms with Gasteiger partial charge in [-0.1, -0.05) is 30.3 Å². The zero-order valence-electron chi connectivity index (χ0n) is 14.6. The summed E-state index contributed by atoms with van der Waals surface area (Å²) in [6.07, 6.45) is 0.416. The van der Waals surface area contributed by atoms with Crippen molar-refractivity contribution in [2.24, 2.45) is 5.92 Å². The Morgan fingerprint density at radius 3 is 2.76 bits per heavy atom. The van der Waals surface area contributed by atoms with Crippen LogP contribution in [-0.2, 0) is 25.6 Å². The molecule has 0 unspecified atom stereocenters. The molecule has 1 amide bonds. The second kappa shape index (κ2) is 5.51. The number of benzene rings is 1. The Hall–Kier alpha value is -1.47. The number of amides is 1. The van der Waals surface area contributed by atoms with Gasteiger partial charge in [0.15, 0.2) is 5.79 Å². The highest BCUT2D eigenvalue weighted by Gasteiger charge is 2.65. The van der Waals surface area contributed by atoms with Gasteiger partial charge in [-0.2, -0.15) is 0 Å². The van der Waals surface area contributed by atoms with E-state index < -0.39 is 5.79 Å². The maximum atomic E-state index is 12.2. The van der Waals surface area contributed by atoms with Crippen molar-refractivity contribution in [1.82, 2.24) is 10.0 Å². The lowest BCUT2D eigenvalue weighted by atomic mass is 10.0. The molecular weight excluding hydrogens is 320 g/mol. The van der Waals surface area contributed by atoms with Gasteiger partial charge in [-0.15, -0.1) is 0 Å². The van der Waals surface area contributed by atoms with Crippen molar-refractivity contribution in [2.45, 2.75) is 57.0 Å². The standard InChI is InChI=1S/C19H24N2O4/c1-19(2)24-17-15-13(10-21-14(22)8-9-20(15)21)16(18(17)25-19)23-11-12-6-4-3-5-7-12/h3-7,13,15-18H,8-11H2,1-2H3/t13-,15+,16-,17-,18+/m1/s1. The van der Waals surface area contributed by atoms with Gasteiger partial charge in [0.05, 0.1) is 18.8 Å². The molecule has 3 saturated heterocycles. The van der Waals surface area contributed by atoms with Gasteiger partial charge >= 0.3 is 0 Å². The van der Waals surface area contributed by atoms with Crippen LogP contribution in [0.25, 0.3) is 0 Å². The molecule has 0 spiro atoms. The number of hydrogen-bond acceptors (Lipinski definition) is 5. The van der Waals surface area contributed by atoms with E-state index in [0.717, 1.165) is 12.1 Å². The molecule has 0 bridgehead atoms. The molecule has 1 aromatic rings. The first-order valence-electron chi connectivity index (χ1n) is 9.12. The topological polar surface area (TPSA) is 51.2 Å². The lowest BCUT2D eigenvalue weighted by Gasteiger charge is -2.28. The zero-order chi connectivity index (χ0) is 17.2. The molecule has 1 aromatic carbocycles. The summed E-state index contributed by atoms with van der Waals surface area (Å²) in [7, 11) is 0. The molecule has 0 aromatic heterocycles. The van der Waals surface area contributed by atoms with Crippen LogP contribution in [0.15, 0.2) is 30.3 Å². The molecule has 5 atom stereocenters. The molecule has 3 aliphatic heterocycles. The Kier molecular flexibility index (Phi) is 3.47. The van der Waals surface area contributed by atoms with Crippen LogP contribution in [-0.4, -0.2) is 59.2 Å². The minimum Gasteiger partial charge on any atom is -0.370 e. The molecule has 3 heterocycles. The summed E-state index contributed by atoms with van der Waals surface area (Å²) in [5, 5.41) is 4.10. The number of nitrogens with zero attached hydrogens (tertiary/aromatic N) is 2. The molecule has 5 rings (SSSR count). The van der Waals surface area contributed by atoms with Crippen LogP contribution in [0.2, 0.25) is 0 Å². The molecule has 1 aliphatic carbocycles. The largest absolute Gasteiger partial charge is 0.370 e. The van der Waals surface area contributed by atoms with Gasteiger partial charge in [-0.05, 0) is 19.4 Å². The first-order valence-corrected chi connectivity index (χ1v) is 9.12. The Morgan fingerprint density at radius 1 is 1.20 bits per heavy atom. The first kappa shape index (κ1) is 15.8. The summed E-state index contributed by atoms with van der Waals surface area (Å²) in [4.78, 5) is 12.2. The maximum Gasteiger partial charge on any atom is 0.238 e. The van der Waals surface area contributed by atoms with Gasteiger partial charge < -0.3 is 14.2 Å². The molecule has 1 saturated carbocycles. The molecule has 4 aliphatic rings. The molecule has 6 heteroatoms. The van der Waals surface area contributed by atoms with Crippen molar-refractivity contribution >= 4 is 5.91 Å². The second-order valence-corrected chi connectivity index (χ2v) is 7.87. The van der Waals surface area contributed by atoms with Crippen LogP contribution in [0, 0.1) is 5.92 Å². The van der Waals surface area contributed by atoms with Gasteiger partial charge in [-0.3, -0.25) is 9.80 Å². The summed E-state index contributed by atoms with van der Waals surface area (Å²) >= 11 is 0. The molecular formula is C19H24N2O4. The average molecular weight is 344 g/mol. The monoisotopic (exact) mass is 344 g/mol. The third-order valence-electron chi connectivity index (χ3n) is 5.85. The number of hydrazine groups is 1. The van der Waals surface area contributed by atoms with E-state index in [9.17, 15) is 4.79 Å². The van der Waals surface area contributed by atoms with Gasteiger partial charge in [0.1, 0.15) is 12.2 Å². The van der Waals surface area contributed by atoms with Crippen molar-refractivity contribution in [3.63, 3.8) is 0 Å². The molecule has 6 nitrogen and oxygen atoms in total. The first-order chi connectivity index (χ1) is 12.0. The van der Waals surface area contributed by atoms with Crippen molar-refractivity contribution in [3.8, 4) is 0 Å². The summed E-state index contributed by atoms with van der Waals surface area (Å²) in [6, 6.07) is 10.4. The SMILES string of the molecule is CC1(C)O[C@H]2[C@H](OCc3ccccc3)[C@@H]3CN4C(=O)CCN4[C@@H]3[C@H]2O1. The number of rotatable bonds is 3. The highest BCUT2D eigenvalue weighted by Crippen LogP contribution is 2.49. The van der Waals surface area contributed by atoms with Gasteiger partial charge in [0.25, 0.3) is 0 Å². The Morgan fingerprint density at radius 2 is 1.96 bits per heavy atom. The van der Waals surface area contributed by atoms with E-state index in [0.29, 0.717) is 19.6 Å². The summed E-state index contributed by atoms with van der Waals surface area (Å²) in [6.45, 7) is 5.95. The van der Waals surface area contributed by atoms with E-state index >= 15 is 0 Å². The minimum absolute atomic E-state index is 0.0447. The fraction of sp³-hybridized carbons (Fsp3) is 0.632. The van der Waals surface area contributed by atoms with Crippen LogP contribution in [0.1, 0.15) is 25.8 Å². The molecule has 25 heavy (non-hydrogen) atoms. The number of hydrogen-bond donors (Lipinski definition) is 0. The Labute approximate surface area is 147 Å². The van der Waals surface area contributed by atoms with Gasteiger partial charge in [0, 0.05) is 25.4 Å². The van der Waals surface area contributed by atoms with Crippen LogP contribution in [0.5, 0.6) is 0 Å². The molecule has 134 valence electrons. The second-order valence-electron chi connectivity index (χ2n) is 7.87. The maximum absolute atomic E-state index is 12.2. The van der Waals surface area contributed by atoms with Crippen LogP contribution in [0.4, 0.5) is 0 Å². The highest BCUT2D eigenvalue weighted by atomic mass is 16.8. The summed E-state index contributed by atoms with van der Waals surface area (Å²) < 4.78 is 18.8. The zero-order valence-corrected chi connectivity index (χ0v) is 14.6. The normalized spacial score (nSPS) is 38.9. The van der Waals surface area contributed by atoms with E-state index in [1.807, 2.05) is 37.1 Å². The predicted octanol–water partition coefficient (Wildman–Crippen LogP) is 1.55. The van der Waals surface area contributed by atoms with Gasteiger partial charge in [-0.25, -0.2) is 5.01 Å². The predicted molar refractivity (Wildman–Crippen MR) is 89.2 cm³/mol. The van der Waals surface area contributed by atoms with Crippen LogP contribution < -0.4 is 0 Å². The third kappa shape index (κ3) is 2.43. The van der Waals surface area contributed by atoms with Crippen LogP contribution in [0.3, 0.4) is 0 Å². The summed E-state index contributed by atoms with van der Waals surface area (Å²) in [5.41, 5.74) is 1.15. The van der Waals surface area contributed by atoms with Crippen molar-refractivity contribution < 1.29 is 19.0 Å². The minimum atomic E-state index is -0.605. The molecule has 0 radical (unpaired) electrons. The van der Waals surface area contributed by atoms with Crippen molar-refractivity contribution in [1.29, 1.82) is 0 Å². The van der Waals surface area contributed by atoms with E-state index in [2.05, 4.69) is 17.1 Å². The van der Waals surface area contributed by atoms with Crippen molar-refractivity contribution in [2.75, 3.05) is 13.1 Å². The van der Waals surface area contributed by atoms with Gasteiger partial charge in [0.2, 0.25) is 5.91 Å². The average Bonchev–Trinajstić information content (AvgIpc) is 3.26. The quantitative estimate of drug-likeness (QED) is 0.833. The number of fused-ring (bicyclic) bond motifs is 5. The molecule has 0 N–H and O–H groups in total. The van der Waals surface area contributed by atoms with Crippen molar-refractivity contribution in [3.05, 3.63) is 35.9 Å². The molecule has 4 fully saturated rings.